The summed E-state index contributed by atoms with van der Waals surface area (Å²) in [6.45, 7) is 7.51. The van der Waals surface area contributed by atoms with Gasteiger partial charge in [-0.1, -0.05) is 76.4 Å². The van der Waals surface area contributed by atoms with Crippen LogP contribution in [0.2, 0.25) is 0 Å². The zero-order valence-electron chi connectivity index (χ0n) is 14.5. The molecule has 0 rings (SSSR count). The van der Waals surface area contributed by atoms with Gasteiger partial charge in [-0.15, -0.1) is 13.2 Å². The van der Waals surface area contributed by atoms with Gasteiger partial charge in [-0.25, -0.2) is 0 Å². The van der Waals surface area contributed by atoms with Crippen molar-refractivity contribution < 1.29 is 52.8 Å². The van der Waals surface area contributed by atoms with Crippen LogP contribution in [0.25, 0.3) is 0 Å². The predicted molar refractivity (Wildman–Crippen MR) is 86.1 cm³/mol. The first kappa shape index (κ1) is 22.4. The third kappa shape index (κ3) is 21.6. The molecule has 0 amide bonds. The fourth-order valence-electron chi connectivity index (χ4n) is 2.35. The van der Waals surface area contributed by atoms with Crippen molar-refractivity contribution in [2.45, 2.75) is 89.9 Å². The van der Waals surface area contributed by atoms with Crippen LogP contribution in [-0.2, 0) is 0 Å². The molecule has 0 aromatic carbocycles. The van der Waals surface area contributed by atoms with E-state index < -0.39 is 0 Å². The molecule has 0 saturated heterocycles. The molecule has 0 aliphatic rings. The molecule has 0 nitrogen and oxygen atoms in total. The smallest absolute Gasteiger partial charge is 1.00 e. The molecule has 0 aromatic rings. The molecule has 0 heterocycles. The van der Waals surface area contributed by atoms with Crippen molar-refractivity contribution in [1.29, 1.82) is 0 Å². The van der Waals surface area contributed by atoms with Gasteiger partial charge in [0, 0.05) is 0 Å². The molecule has 0 spiro atoms. The van der Waals surface area contributed by atoms with Crippen LogP contribution in [0.15, 0.2) is 25.3 Å². The first-order chi connectivity index (χ1) is 8.91. The second-order valence-electron chi connectivity index (χ2n) is 5.40. The first-order valence-electron chi connectivity index (χ1n) is 8.13. The van der Waals surface area contributed by atoms with E-state index in [2.05, 4.69) is 13.2 Å². The summed E-state index contributed by atoms with van der Waals surface area (Å²) in [4.78, 5) is 0. The molecule has 108 valence electrons. The van der Waals surface area contributed by atoms with Crippen LogP contribution in [0.3, 0.4) is 0 Å². The molecule has 19 heavy (non-hydrogen) atoms. The van der Waals surface area contributed by atoms with Gasteiger partial charge >= 0.3 is 51.4 Å². The molecule has 0 fully saturated rings. The Morgan fingerprint density at radius 1 is 0.474 bits per heavy atom. The topological polar surface area (TPSA) is 0 Å². The fraction of sp³-hybridized carbons (Fsp3) is 0.778. The van der Waals surface area contributed by atoms with E-state index in [1.165, 1.54) is 89.9 Å². The van der Waals surface area contributed by atoms with Crippen molar-refractivity contribution in [2.24, 2.45) is 0 Å². The van der Waals surface area contributed by atoms with Crippen LogP contribution >= 0.6 is 0 Å². The van der Waals surface area contributed by atoms with Crippen molar-refractivity contribution in [2.75, 3.05) is 0 Å². The quantitative estimate of drug-likeness (QED) is 0.243. The zero-order chi connectivity index (χ0) is 13.3. The molecule has 0 saturated carbocycles. The van der Waals surface area contributed by atoms with Gasteiger partial charge in [0.25, 0.3) is 0 Å². The van der Waals surface area contributed by atoms with Gasteiger partial charge in [-0.05, 0) is 25.7 Å². The summed E-state index contributed by atoms with van der Waals surface area (Å²) in [6, 6.07) is 0. The molecule has 0 atom stereocenters. The maximum absolute atomic E-state index is 3.75. The Labute approximate surface area is 166 Å². The van der Waals surface area contributed by atoms with Gasteiger partial charge in [-0.2, -0.15) is 0 Å². The molecule has 0 radical (unpaired) electrons. The minimum Gasteiger partial charge on any atom is -1.00 e. The molecule has 0 aromatic heterocycles. The molecule has 0 aliphatic carbocycles. The molecule has 0 aliphatic heterocycles. The van der Waals surface area contributed by atoms with E-state index in [9.17, 15) is 0 Å². The Kier molecular flexibility index (Phi) is 25.2. The minimum absolute atomic E-state index is 0. The molecule has 0 bridgehead atoms. The summed E-state index contributed by atoms with van der Waals surface area (Å²) in [5.74, 6) is 0. The third-order valence-corrected chi connectivity index (χ3v) is 3.57. The SMILES string of the molecule is C=CCCCCCCCCCCCCCCC=C.[H-].[K+]. The number of hydrogen-bond acceptors (Lipinski definition) is 0. The van der Waals surface area contributed by atoms with Gasteiger partial charge in [0.2, 0.25) is 0 Å². The monoisotopic (exact) mass is 290 g/mol. The predicted octanol–water partition coefficient (Wildman–Crippen LogP) is 3.94. The van der Waals surface area contributed by atoms with Crippen LogP contribution in [0.5, 0.6) is 0 Å². The summed E-state index contributed by atoms with van der Waals surface area (Å²) >= 11 is 0. The van der Waals surface area contributed by atoms with E-state index in [4.69, 9.17) is 0 Å². The Morgan fingerprint density at radius 2 is 0.684 bits per heavy atom. The second kappa shape index (κ2) is 21.4. The Bertz CT molecular complexity index is 160. The molecular formula is C18H35K. The van der Waals surface area contributed by atoms with E-state index in [0.717, 1.165) is 0 Å². The van der Waals surface area contributed by atoms with Crippen LogP contribution in [0, 0.1) is 0 Å². The van der Waals surface area contributed by atoms with E-state index in [1.54, 1.807) is 0 Å². The maximum Gasteiger partial charge on any atom is 1.00 e. The van der Waals surface area contributed by atoms with Crippen molar-refractivity contribution >= 4 is 0 Å². The molecular weight excluding hydrogens is 255 g/mol. The average Bonchev–Trinajstić information content (AvgIpc) is 2.39. The summed E-state index contributed by atoms with van der Waals surface area (Å²) in [5.41, 5.74) is 0. The largest absolute Gasteiger partial charge is 1.00 e. The number of hydrogen-bond donors (Lipinski definition) is 0. The van der Waals surface area contributed by atoms with E-state index >= 15 is 0 Å². The minimum atomic E-state index is 0. The van der Waals surface area contributed by atoms with Gasteiger partial charge < -0.3 is 1.43 Å². The van der Waals surface area contributed by atoms with E-state index in [-0.39, 0.29) is 52.8 Å². The fourth-order valence-corrected chi connectivity index (χ4v) is 2.35. The number of allylic oxidation sites excluding steroid dienone is 2. The van der Waals surface area contributed by atoms with E-state index in [0.29, 0.717) is 0 Å². The second-order valence-corrected chi connectivity index (χ2v) is 5.40. The first-order valence-corrected chi connectivity index (χ1v) is 8.13. The average molecular weight is 291 g/mol. The normalized spacial score (nSPS) is 9.89. The van der Waals surface area contributed by atoms with E-state index in [1.807, 2.05) is 12.2 Å². The summed E-state index contributed by atoms with van der Waals surface area (Å²) < 4.78 is 0. The Morgan fingerprint density at radius 3 is 0.895 bits per heavy atom. The molecule has 0 unspecified atom stereocenters. The Balaban J connectivity index is -0.00000144. The number of rotatable bonds is 15. The van der Waals surface area contributed by atoms with Gasteiger partial charge in [0.1, 0.15) is 0 Å². The maximum atomic E-state index is 3.75. The molecule has 0 N–H and O–H groups in total. The third-order valence-electron chi connectivity index (χ3n) is 3.57. The van der Waals surface area contributed by atoms with Gasteiger partial charge in [0.15, 0.2) is 0 Å². The Hall–Kier alpha value is 1.12. The summed E-state index contributed by atoms with van der Waals surface area (Å²) in [5, 5.41) is 0. The molecule has 1 heteroatoms. The zero-order valence-corrected chi connectivity index (χ0v) is 16.6. The van der Waals surface area contributed by atoms with Crippen molar-refractivity contribution in [3.8, 4) is 0 Å². The van der Waals surface area contributed by atoms with Crippen LogP contribution in [-0.4, -0.2) is 0 Å². The van der Waals surface area contributed by atoms with Crippen molar-refractivity contribution in [3.63, 3.8) is 0 Å². The standard InChI is InChI=1S/C18H34.K.H/c1-3-5-7-9-11-13-15-17-18-16-14-12-10-8-6-4-2;;/h3-4H,1-2,5-18H2;;/q;+1;-1. The van der Waals surface area contributed by atoms with Crippen molar-refractivity contribution in [1.82, 2.24) is 0 Å². The van der Waals surface area contributed by atoms with Gasteiger partial charge in [-0.3, -0.25) is 0 Å². The van der Waals surface area contributed by atoms with Crippen LogP contribution in [0.4, 0.5) is 0 Å². The van der Waals surface area contributed by atoms with Gasteiger partial charge in [0.05, 0.1) is 0 Å². The summed E-state index contributed by atoms with van der Waals surface area (Å²) in [7, 11) is 0. The summed E-state index contributed by atoms with van der Waals surface area (Å²) in [6.07, 6.45) is 23.5. The van der Waals surface area contributed by atoms with Crippen LogP contribution < -0.4 is 51.4 Å². The number of unbranched alkanes of at least 4 members (excludes halogenated alkanes) is 13. The van der Waals surface area contributed by atoms with Crippen LogP contribution in [0.1, 0.15) is 91.3 Å². The van der Waals surface area contributed by atoms with Crippen molar-refractivity contribution in [3.05, 3.63) is 25.3 Å².